The summed E-state index contributed by atoms with van der Waals surface area (Å²) in [5.74, 6) is 2.04. The van der Waals surface area contributed by atoms with Gasteiger partial charge in [0.25, 0.3) is 0 Å². The van der Waals surface area contributed by atoms with Crippen molar-refractivity contribution in [3.8, 4) is 17.0 Å². The monoisotopic (exact) mass is 368 g/mol. The maximum atomic E-state index is 13.4. The number of methoxy groups -OCH3 is 1. The van der Waals surface area contributed by atoms with Crippen LogP contribution in [0.1, 0.15) is 12.8 Å². The van der Waals surface area contributed by atoms with Crippen LogP contribution in [0, 0.1) is 0 Å². The summed E-state index contributed by atoms with van der Waals surface area (Å²) in [6.07, 6.45) is 4.15. The molecular weight excluding hydrogens is 350 g/mol. The number of rotatable bonds is 3. The molecule has 0 bridgehead atoms. The number of halogens is 1. The minimum atomic E-state index is -0.708. The lowest BCUT2D eigenvalue weighted by Gasteiger charge is -2.29. The fourth-order valence-corrected chi connectivity index (χ4v) is 3.63. The lowest BCUT2D eigenvalue weighted by Crippen LogP contribution is -2.34. The SMILES string of the molecule is [B]c1cc(OC)cc(S)c1-c1cn2ccc(N3CCC(F)CC3)nc2n1. The Bertz CT molecular complexity index is 933. The van der Waals surface area contributed by atoms with Gasteiger partial charge in [0.1, 0.15) is 25.6 Å². The number of alkyl halides is 1. The van der Waals surface area contributed by atoms with Gasteiger partial charge in [0.15, 0.2) is 0 Å². The molecule has 3 heterocycles. The maximum Gasteiger partial charge on any atom is 0.236 e. The molecule has 26 heavy (non-hydrogen) atoms. The Kier molecular flexibility index (Phi) is 4.52. The van der Waals surface area contributed by atoms with Crippen LogP contribution in [0.15, 0.2) is 35.5 Å². The second kappa shape index (κ2) is 6.83. The van der Waals surface area contributed by atoms with Crippen molar-refractivity contribution < 1.29 is 9.13 Å². The number of benzene rings is 1. The van der Waals surface area contributed by atoms with Gasteiger partial charge in [-0.3, -0.25) is 4.40 Å². The van der Waals surface area contributed by atoms with Crippen LogP contribution in [0.5, 0.6) is 5.75 Å². The van der Waals surface area contributed by atoms with E-state index in [4.69, 9.17) is 12.6 Å². The molecular formula is C18H18BFN4OS. The molecule has 0 aliphatic carbocycles. The summed E-state index contributed by atoms with van der Waals surface area (Å²) in [6.45, 7) is 1.34. The zero-order valence-corrected chi connectivity index (χ0v) is 15.3. The fraction of sp³-hybridized carbons (Fsp3) is 0.333. The third kappa shape index (κ3) is 3.14. The molecule has 132 valence electrons. The standard InChI is InChI=1S/C18H18BFN4OS/c1-25-12-8-13(19)17(15(26)9-12)14-10-24-7-4-16(22-18(24)21-14)23-5-2-11(20)3-6-23/h4,7-11,26H,2-3,5-6H2,1H3. The topological polar surface area (TPSA) is 42.7 Å². The molecule has 1 saturated heterocycles. The van der Waals surface area contributed by atoms with Crippen molar-refractivity contribution in [3.05, 3.63) is 30.6 Å². The van der Waals surface area contributed by atoms with Crippen molar-refractivity contribution in [1.29, 1.82) is 0 Å². The predicted octanol–water partition coefficient (Wildman–Crippen LogP) is 2.43. The number of piperidine rings is 1. The highest BCUT2D eigenvalue weighted by Crippen LogP contribution is 2.28. The van der Waals surface area contributed by atoms with Crippen LogP contribution < -0.4 is 15.1 Å². The van der Waals surface area contributed by atoms with E-state index in [2.05, 4.69) is 27.5 Å². The van der Waals surface area contributed by atoms with Gasteiger partial charge in [-0.05, 0) is 31.0 Å². The third-order valence-corrected chi connectivity index (χ3v) is 5.03. The quantitative estimate of drug-likeness (QED) is 0.570. The lowest BCUT2D eigenvalue weighted by molar-refractivity contribution is 0.277. The van der Waals surface area contributed by atoms with Gasteiger partial charge in [0.05, 0.1) is 12.8 Å². The van der Waals surface area contributed by atoms with Crippen LogP contribution in [0.25, 0.3) is 17.0 Å². The largest absolute Gasteiger partial charge is 0.497 e. The summed E-state index contributed by atoms with van der Waals surface area (Å²) in [6, 6.07) is 5.48. The van der Waals surface area contributed by atoms with E-state index in [0.717, 1.165) is 11.4 Å². The molecule has 5 nitrogen and oxygen atoms in total. The molecule has 0 amide bonds. The predicted molar refractivity (Wildman–Crippen MR) is 104 cm³/mol. The lowest BCUT2D eigenvalue weighted by atomic mass is 9.89. The van der Waals surface area contributed by atoms with Crippen molar-refractivity contribution in [2.45, 2.75) is 23.9 Å². The summed E-state index contributed by atoms with van der Waals surface area (Å²) in [5.41, 5.74) is 1.99. The summed E-state index contributed by atoms with van der Waals surface area (Å²) in [7, 11) is 7.76. The van der Waals surface area contributed by atoms with Gasteiger partial charge in [-0.25, -0.2) is 9.37 Å². The number of nitrogens with zero attached hydrogens (tertiary/aromatic N) is 4. The molecule has 2 aromatic heterocycles. The molecule has 3 aromatic rings. The van der Waals surface area contributed by atoms with Gasteiger partial charge in [0, 0.05) is 35.9 Å². The first-order chi connectivity index (χ1) is 12.5. The van der Waals surface area contributed by atoms with E-state index in [1.165, 1.54) is 0 Å². The smallest absolute Gasteiger partial charge is 0.236 e. The molecule has 0 N–H and O–H groups in total. The Morgan fingerprint density at radius 2 is 2.04 bits per heavy atom. The average Bonchev–Trinajstić information content (AvgIpc) is 3.04. The van der Waals surface area contributed by atoms with Crippen molar-refractivity contribution in [1.82, 2.24) is 14.4 Å². The Balaban J connectivity index is 1.70. The van der Waals surface area contributed by atoms with Crippen LogP contribution in [-0.4, -0.2) is 48.6 Å². The molecule has 8 heteroatoms. The van der Waals surface area contributed by atoms with Crippen LogP contribution in [0.3, 0.4) is 0 Å². The van der Waals surface area contributed by atoms with E-state index in [-0.39, 0.29) is 0 Å². The first kappa shape index (κ1) is 17.2. The molecule has 1 fully saturated rings. The Hall–Kier alpha value is -2.22. The molecule has 4 rings (SSSR count). The highest BCUT2D eigenvalue weighted by Gasteiger charge is 2.20. The normalized spacial score (nSPS) is 15.6. The molecule has 2 radical (unpaired) electrons. The minimum Gasteiger partial charge on any atom is -0.497 e. The van der Waals surface area contributed by atoms with E-state index < -0.39 is 6.17 Å². The number of fused-ring (bicyclic) bond motifs is 1. The highest BCUT2D eigenvalue weighted by molar-refractivity contribution is 7.80. The number of imidazole rings is 1. The summed E-state index contributed by atoms with van der Waals surface area (Å²) in [5, 5.41) is 0. The number of anilines is 1. The zero-order valence-electron chi connectivity index (χ0n) is 14.4. The minimum absolute atomic E-state index is 0.540. The van der Waals surface area contributed by atoms with Crippen LogP contribution >= 0.6 is 12.6 Å². The first-order valence-electron chi connectivity index (χ1n) is 8.47. The number of thiol groups is 1. The van der Waals surface area contributed by atoms with Crippen molar-refractivity contribution >= 4 is 37.5 Å². The highest BCUT2D eigenvalue weighted by atomic mass is 32.1. The Morgan fingerprint density at radius 3 is 2.73 bits per heavy atom. The number of hydrogen-bond donors (Lipinski definition) is 1. The van der Waals surface area contributed by atoms with Crippen molar-refractivity contribution in [2.75, 3.05) is 25.1 Å². The molecule has 0 unspecified atom stereocenters. The van der Waals surface area contributed by atoms with Crippen molar-refractivity contribution in [2.24, 2.45) is 0 Å². The Labute approximate surface area is 158 Å². The summed E-state index contributed by atoms with van der Waals surface area (Å²) < 4.78 is 20.4. The maximum absolute atomic E-state index is 13.4. The van der Waals surface area contributed by atoms with E-state index >= 15 is 0 Å². The molecule has 0 atom stereocenters. The summed E-state index contributed by atoms with van der Waals surface area (Å²) >= 11 is 4.52. The zero-order chi connectivity index (χ0) is 18.3. The van der Waals surface area contributed by atoms with E-state index in [1.54, 1.807) is 19.2 Å². The average molecular weight is 368 g/mol. The first-order valence-corrected chi connectivity index (χ1v) is 8.91. The second-order valence-corrected chi connectivity index (χ2v) is 6.87. The molecule has 0 saturated carbocycles. The molecule has 1 aliphatic rings. The van der Waals surface area contributed by atoms with Gasteiger partial charge in [-0.2, -0.15) is 4.98 Å². The Morgan fingerprint density at radius 1 is 1.27 bits per heavy atom. The third-order valence-electron chi connectivity index (χ3n) is 4.67. The van der Waals surface area contributed by atoms with Crippen LogP contribution in [0.2, 0.25) is 0 Å². The van der Waals surface area contributed by atoms with Crippen molar-refractivity contribution in [3.63, 3.8) is 0 Å². The molecule has 1 aromatic carbocycles. The molecule has 0 spiro atoms. The van der Waals surface area contributed by atoms with Gasteiger partial charge in [0.2, 0.25) is 5.78 Å². The van der Waals surface area contributed by atoms with Gasteiger partial charge in [-0.1, -0.05) is 5.46 Å². The number of hydrogen-bond acceptors (Lipinski definition) is 5. The molecule has 1 aliphatic heterocycles. The number of aromatic nitrogens is 3. The van der Waals surface area contributed by atoms with Crippen LogP contribution in [0.4, 0.5) is 10.2 Å². The number of ether oxygens (including phenoxy) is 1. The second-order valence-electron chi connectivity index (χ2n) is 6.39. The van der Waals surface area contributed by atoms with E-state index in [9.17, 15) is 4.39 Å². The van der Waals surface area contributed by atoms with Crippen LogP contribution in [-0.2, 0) is 0 Å². The van der Waals surface area contributed by atoms with Gasteiger partial charge in [-0.15, -0.1) is 12.6 Å². The van der Waals surface area contributed by atoms with Gasteiger partial charge < -0.3 is 9.64 Å². The van der Waals surface area contributed by atoms with Gasteiger partial charge >= 0.3 is 0 Å². The summed E-state index contributed by atoms with van der Waals surface area (Å²) in [4.78, 5) is 12.0. The van der Waals surface area contributed by atoms with E-state index in [1.807, 2.05) is 22.9 Å². The fourth-order valence-electron chi connectivity index (χ4n) is 3.26. The van der Waals surface area contributed by atoms with E-state index in [0.29, 0.717) is 53.5 Å².